The Bertz CT molecular complexity index is 249. The number of rotatable bonds is 3. The van der Waals surface area contributed by atoms with Gasteiger partial charge in [0.15, 0.2) is 0 Å². The third-order valence-corrected chi connectivity index (χ3v) is 2.42. The molecule has 1 atom stereocenters. The lowest BCUT2D eigenvalue weighted by atomic mass is 10.0. The molecule has 1 aliphatic heterocycles. The highest BCUT2D eigenvalue weighted by Gasteiger charge is 2.38. The van der Waals surface area contributed by atoms with Gasteiger partial charge in [-0.2, -0.15) is 0 Å². The van der Waals surface area contributed by atoms with E-state index in [-0.39, 0.29) is 5.60 Å². The van der Waals surface area contributed by atoms with Crippen molar-refractivity contribution in [1.82, 2.24) is 0 Å². The van der Waals surface area contributed by atoms with E-state index in [1.54, 1.807) is 0 Å². The second kappa shape index (κ2) is 2.91. The Labute approximate surface area is 73.4 Å². The zero-order chi connectivity index (χ0) is 8.44. The first-order chi connectivity index (χ1) is 5.79. The van der Waals surface area contributed by atoms with Gasteiger partial charge in [-0.1, -0.05) is 30.3 Å². The predicted octanol–water partition coefficient (Wildman–Crippen LogP) is 2.41. The van der Waals surface area contributed by atoms with Gasteiger partial charge >= 0.3 is 0 Å². The monoisotopic (exact) mass is 162 g/mol. The molecule has 1 heterocycles. The van der Waals surface area contributed by atoms with E-state index in [0.717, 1.165) is 19.4 Å². The Morgan fingerprint density at radius 3 is 2.58 bits per heavy atom. The fourth-order valence-electron chi connectivity index (χ4n) is 1.32. The van der Waals surface area contributed by atoms with Crippen molar-refractivity contribution in [2.75, 3.05) is 6.61 Å². The second-order valence-corrected chi connectivity index (χ2v) is 3.72. The summed E-state index contributed by atoms with van der Waals surface area (Å²) in [4.78, 5) is 0. The van der Waals surface area contributed by atoms with Crippen molar-refractivity contribution in [1.29, 1.82) is 0 Å². The highest BCUT2D eigenvalue weighted by molar-refractivity contribution is 5.15. The SMILES string of the molecule is CC1(CCc2ccccc2)CO1. The lowest BCUT2D eigenvalue weighted by molar-refractivity contribution is 0.309. The number of ether oxygens (including phenoxy) is 1. The Kier molecular flexibility index (Phi) is 1.89. The molecule has 0 amide bonds. The molecule has 0 aromatic heterocycles. The average Bonchev–Trinajstić information content (AvgIpc) is 2.84. The van der Waals surface area contributed by atoms with E-state index in [0.29, 0.717) is 0 Å². The van der Waals surface area contributed by atoms with Crippen LogP contribution >= 0.6 is 0 Å². The molecule has 0 N–H and O–H groups in total. The summed E-state index contributed by atoms with van der Waals surface area (Å²) in [7, 11) is 0. The maximum absolute atomic E-state index is 5.32. The molecule has 12 heavy (non-hydrogen) atoms. The minimum absolute atomic E-state index is 0.204. The zero-order valence-corrected chi connectivity index (χ0v) is 7.42. The third-order valence-electron chi connectivity index (χ3n) is 2.42. The number of hydrogen-bond acceptors (Lipinski definition) is 1. The fourth-order valence-corrected chi connectivity index (χ4v) is 1.32. The van der Waals surface area contributed by atoms with Crippen molar-refractivity contribution in [3.8, 4) is 0 Å². The van der Waals surface area contributed by atoms with E-state index < -0.39 is 0 Å². The van der Waals surface area contributed by atoms with Crippen LogP contribution < -0.4 is 0 Å². The largest absolute Gasteiger partial charge is 0.370 e. The van der Waals surface area contributed by atoms with E-state index in [9.17, 15) is 0 Å². The summed E-state index contributed by atoms with van der Waals surface area (Å²) in [5, 5.41) is 0. The first-order valence-electron chi connectivity index (χ1n) is 4.46. The molecule has 1 unspecified atom stereocenters. The van der Waals surface area contributed by atoms with Crippen LogP contribution in [-0.4, -0.2) is 12.2 Å². The number of benzene rings is 1. The van der Waals surface area contributed by atoms with Crippen molar-refractivity contribution >= 4 is 0 Å². The van der Waals surface area contributed by atoms with Crippen LogP contribution in [0.2, 0.25) is 0 Å². The summed E-state index contributed by atoms with van der Waals surface area (Å²) >= 11 is 0. The molecule has 0 radical (unpaired) electrons. The summed E-state index contributed by atoms with van der Waals surface area (Å²) in [6.07, 6.45) is 2.29. The van der Waals surface area contributed by atoms with Crippen LogP contribution in [0.4, 0.5) is 0 Å². The molecule has 2 rings (SSSR count). The quantitative estimate of drug-likeness (QED) is 0.622. The molecule has 0 aliphatic carbocycles. The normalized spacial score (nSPS) is 27.1. The summed E-state index contributed by atoms with van der Waals surface area (Å²) in [6, 6.07) is 10.6. The molecular formula is C11H14O. The summed E-state index contributed by atoms with van der Waals surface area (Å²) in [5.74, 6) is 0. The van der Waals surface area contributed by atoms with Gasteiger partial charge in [-0.05, 0) is 25.3 Å². The van der Waals surface area contributed by atoms with Crippen LogP contribution in [0.3, 0.4) is 0 Å². The molecule has 0 spiro atoms. The molecule has 0 bridgehead atoms. The molecule has 1 aromatic carbocycles. The third kappa shape index (κ3) is 1.86. The van der Waals surface area contributed by atoms with Crippen LogP contribution in [0.25, 0.3) is 0 Å². The lowest BCUT2D eigenvalue weighted by Gasteiger charge is -2.03. The maximum atomic E-state index is 5.32. The summed E-state index contributed by atoms with van der Waals surface area (Å²) < 4.78 is 5.32. The van der Waals surface area contributed by atoms with Crippen LogP contribution in [-0.2, 0) is 11.2 Å². The first kappa shape index (κ1) is 7.81. The molecule has 1 saturated heterocycles. The van der Waals surface area contributed by atoms with Crippen molar-refractivity contribution in [2.45, 2.75) is 25.4 Å². The van der Waals surface area contributed by atoms with Crippen molar-refractivity contribution in [3.63, 3.8) is 0 Å². The van der Waals surface area contributed by atoms with Gasteiger partial charge in [0, 0.05) is 0 Å². The van der Waals surface area contributed by atoms with E-state index in [1.165, 1.54) is 5.56 Å². The van der Waals surface area contributed by atoms with Crippen LogP contribution in [0.5, 0.6) is 0 Å². The molecule has 64 valence electrons. The van der Waals surface area contributed by atoms with Gasteiger partial charge in [-0.3, -0.25) is 0 Å². The van der Waals surface area contributed by atoms with Gasteiger partial charge in [0.1, 0.15) is 0 Å². The first-order valence-corrected chi connectivity index (χ1v) is 4.46. The Morgan fingerprint density at radius 1 is 1.33 bits per heavy atom. The van der Waals surface area contributed by atoms with E-state index >= 15 is 0 Å². The molecule has 1 heteroatoms. The van der Waals surface area contributed by atoms with Crippen LogP contribution in [0.1, 0.15) is 18.9 Å². The minimum Gasteiger partial charge on any atom is -0.370 e. The average molecular weight is 162 g/mol. The highest BCUT2D eigenvalue weighted by atomic mass is 16.6. The van der Waals surface area contributed by atoms with E-state index in [2.05, 4.69) is 37.3 Å². The van der Waals surface area contributed by atoms with Crippen molar-refractivity contribution in [2.24, 2.45) is 0 Å². The van der Waals surface area contributed by atoms with Gasteiger partial charge in [0.25, 0.3) is 0 Å². The Morgan fingerprint density at radius 2 is 2.00 bits per heavy atom. The Hall–Kier alpha value is -0.820. The molecule has 1 aliphatic rings. The van der Waals surface area contributed by atoms with Gasteiger partial charge in [0.05, 0.1) is 12.2 Å². The zero-order valence-electron chi connectivity index (χ0n) is 7.42. The van der Waals surface area contributed by atoms with Gasteiger partial charge in [-0.15, -0.1) is 0 Å². The maximum Gasteiger partial charge on any atom is 0.0891 e. The molecular weight excluding hydrogens is 148 g/mol. The van der Waals surface area contributed by atoms with Crippen LogP contribution in [0, 0.1) is 0 Å². The number of hydrogen-bond donors (Lipinski definition) is 0. The highest BCUT2D eigenvalue weighted by Crippen LogP contribution is 2.30. The summed E-state index contributed by atoms with van der Waals surface area (Å²) in [6.45, 7) is 3.12. The van der Waals surface area contributed by atoms with Crippen molar-refractivity contribution < 1.29 is 4.74 Å². The smallest absolute Gasteiger partial charge is 0.0891 e. The topological polar surface area (TPSA) is 12.5 Å². The second-order valence-electron chi connectivity index (χ2n) is 3.72. The number of epoxide rings is 1. The standard InChI is InChI=1S/C11H14O/c1-11(9-12-11)8-7-10-5-3-2-4-6-10/h2-6H,7-9H2,1H3. The van der Waals surface area contributed by atoms with E-state index in [4.69, 9.17) is 4.74 Å². The van der Waals surface area contributed by atoms with Gasteiger partial charge in [-0.25, -0.2) is 0 Å². The van der Waals surface area contributed by atoms with E-state index in [1.807, 2.05) is 0 Å². The lowest BCUT2D eigenvalue weighted by Crippen LogP contribution is -2.05. The van der Waals surface area contributed by atoms with Gasteiger partial charge in [0.2, 0.25) is 0 Å². The Balaban J connectivity index is 1.88. The number of aryl methyl sites for hydroxylation is 1. The molecule has 1 nitrogen and oxygen atoms in total. The molecule has 1 aromatic rings. The molecule has 0 saturated carbocycles. The molecule has 1 fully saturated rings. The van der Waals surface area contributed by atoms with Crippen molar-refractivity contribution in [3.05, 3.63) is 35.9 Å². The summed E-state index contributed by atoms with van der Waals surface area (Å²) in [5.41, 5.74) is 1.62. The van der Waals surface area contributed by atoms with Gasteiger partial charge < -0.3 is 4.74 Å². The minimum atomic E-state index is 0.204. The van der Waals surface area contributed by atoms with Crippen LogP contribution in [0.15, 0.2) is 30.3 Å². The predicted molar refractivity (Wildman–Crippen MR) is 49.1 cm³/mol. The fraction of sp³-hybridized carbons (Fsp3) is 0.455.